The number of aryl methyl sites for hydroxylation is 1. The standard InChI is InChI=1S/C28H40N6O5/c1-4-5-17-38-27-31-25(29)24-26(32-27)34(28(30-24)37-3)14-7-6-13-33-15-11-21(12-16-33)39-22-10-8-9-20(18-22)19-23(35)36-2/h8-10,18,21H,4-7,11-17,19H2,1-3H3,(H2,29,31,32). The van der Waals surface area contributed by atoms with Gasteiger partial charge in [0.2, 0.25) is 0 Å². The number of esters is 1. The van der Waals surface area contributed by atoms with Crippen molar-refractivity contribution in [3.63, 3.8) is 0 Å². The molecule has 1 fully saturated rings. The van der Waals surface area contributed by atoms with E-state index >= 15 is 0 Å². The smallest absolute Gasteiger partial charge is 0.320 e. The van der Waals surface area contributed by atoms with Crippen LogP contribution in [-0.4, -0.2) is 77.0 Å². The van der Waals surface area contributed by atoms with Crippen molar-refractivity contribution in [2.75, 3.05) is 46.2 Å². The number of benzene rings is 1. The number of rotatable bonds is 14. The lowest BCUT2D eigenvalue weighted by Gasteiger charge is -2.32. The van der Waals surface area contributed by atoms with Crippen molar-refractivity contribution >= 4 is 23.0 Å². The van der Waals surface area contributed by atoms with E-state index in [4.69, 9.17) is 24.7 Å². The molecule has 0 unspecified atom stereocenters. The Bertz CT molecular complexity index is 1220. The fraction of sp³-hybridized carbons (Fsp3) is 0.571. The molecule has 0 aliphatic carbocycles. The van der Waals surface area contributed by atoms with Gasteiger partial charge < -0.3 is 29.6 Å². The predicted molar refractivity (Wildman–Crippen MR) is 148 cm³/mol. The summed E-state index contributed by atoms with van der Waals surface area (Å²) in [5.74, 6) is 0.849. The van der Waals surface area contributed by atoms with Crippen LogP contribution < -0.4 is 19.9 Å². The predicted octanol–water partition coefficient (Wildman–Crippen LogP) is 3.64. The summed E-state index contributed by atoms with van der Waals surface area (Å²) in [5.41, 5.74) is 8.21. The molecule has 0 bridgehead atoms. The highest BCUT2D eigenvalue weighted by atomic mass is 16.5. The second-order valence-electron chi connectivity index (χ2n) is 9.78. The molecular weight excluding hydrogens is 500 g/mol. The molecule has 0 radical (unpaired) electrons. The monoisotopic (exact) mass is 540 g/mol. The van der Waals surface area contributed by atoms with Crippen LogP contribution in [0.4, 0.5) is 5.82 Å². The van der Waals surface area contributed by atoms with E-state index in [1.54, 1.807) is 7.11 Å². The highest BCUT2D eigenvalue weighted by molar-refractivity contribution is 5.83. The number of aromatic nitrogens is 4. The van der Waals surface area contributed by atoms with Gasteiger partial charge in [-0.05, 0) is 56.3 Å². The number of likely N-dealkylation sites (tertiary alicyclic amines) is 1. The van der Waals surface area contributed by atoms with E-state index in [0.29, 0.717) is 36.1 Å². The van der Waals surface area contributed by atoms with Gasteiger partial charge in [0.25, 0.3) is 6.01 Å². The molecular formula is C28H40N6O5. The molecule has 3 heterocycles. The summed E-state index contributed by atoms with van der Waals surface area (Å²) < 4.78 is 24.1. The van der Waals surface area contributed by atoms with E-state index in [-0.39, 0.29) is 24.5 Å². The minimum Gasteiger partial charge on any atom is -0.490 e. The van der Waals surface area contributed by atoms with Crippen LogP contribution >= 0.6 is 0 Å². The van der Waals surface area contributed by atoms with E-state index in [1.807, 2.05) is 28.8 Å². The summed E-state index contributed by atoms with van der Waals surface area (Å²) in [7, 11) is 3.00. The number of hydrogen-bond acceptors (Lipinski definition) is 10. The number of hydrogen-bond donors (Lipinski definition) is 1. The Balaban J connectivity index is 1.24. The quantitative estimate of drug-likeness (QED) is 0.239. The van der Waals surface area contributed by atoms with E-state index < -0.39 is 0 Å². The van der Waals surface area contributed by atoms with Crippen molar-refractivity contribution in [2.45, 2.75) is 64.5 Å². The minimum absolute atomic E-state index is 0.176. The van der Waals surface area contributed by atoms with Gasteiger partial charge in [0.05, 0.1) is 27.2 Å². The van der Waals surface area contributed by atoms with Gasteiger partial charge >= 0.3 is 12.0 Å². The molecule has 4 rings (SSSR count). The number of nitrogen functional groups attached to an aromatic ring is 1. The number of carbonyl (C=O) groups is 1. The lowest BCUT2D eigenvalue weighted by molar-refractivity contribution is -0.139. The molecule has 2 aromatic heterocycles. The molecule has 0 atom stereocenters. The number of anilines is 1. The number of ether oxygens (including phenoxy) is 4. The Morgan fingerprint density at radius 3 is 2.62 bits per heavy atom. The fourth-order valence-electron chi connectivity index (χ4n) is 4.73. The van der Waals surface area contributed by atoms with Crippen molar-refractivity contribution in [1.82, 2.24) is 24.4 Å². The van der Waals surface area contributed by atoms with Gasteiger partial charge in [0.1, 0.15) is 11.9 Å². The second kappa shape index (κ2) is 14.0. The number of fused-ring (bicyclic) bond motifs is 1. The summed E-state index contributed by atoms with van der Waals surface area (Å²) in [6.45, 7) is 6.37. The van der Waals surface area contributed by atoms with E-state index in [1.165, 1.54) is 7.11 Å². The summed E-state index contributed by atoms with van der Waals surface area (Å²) in [6, 6.07) is 8.46. The first-order valence-electron chi connectivity index (χ1n) is 13.8. The maximum absolute atomic E-state index is 11.6. The third-order valence-electron chi connectivity index (χ3n) is 6.90. The lowest BCUT2D eigenvalue weighted by Crippen LogP contribution is -2.38. The number of methoxy groups -OCH3 is 2. The van der Waals surface area contributed by atoms with Crippen molar-refractivity contribution < 1.29 is 23.7 Å². The van der Waals surface area contributed by atoms with Crippen molar-refractivity contribution in [1.29, 1.82) is 0 Å². The Morgan fingerprint density at radius 2 is 1.87 bits per heavy atom. The third-order valence-corrected chi connectivity index (χ3v) is 6.90. The molecule has 0 amide bonds. The maximum atomic E-state index is 11.6. The molecule has 0 spiro atoms. The highest BCUT2D eigenvalue weighted by Crippen LogP contribution is 2.26. The van der Waals surface area contributed by atoms with E-state index in [9.17, 15) is 4.79 Å². The van der Waals surface area contributed by atoms with Crippen LogP contribution in [0.15, 0.2) is 24.3 Å². The maximum Gasteiger partial charge on any atom is 0.320 e. The van der Waals surface area contributed by atoms with Gasteiger partial charge in [-0.1, -0.05) is 25.5 Å². The normalized spacial score (nSPS) is 14.4. The number of nitrogens with zero attached hydrogens (tertiary/aromatic N) is 5. The SMILES string of the molecule is CCCCOc1nc(N)c2nc(OC)n(CCCCN3CCC(Oc4cccc(CC(=O)OC)c4)CC3)c2n1. The van der Waals surface area contributed by atoms with Crippen LogP contribution in [0.25, 0.3) is 11.2 Å². The molecule has 3 aromatic rings. The average Bonchev–Trinajstić information content (AvgIpc) is 3.30. The average molecular weight is 541 g/mol. The first-order chi connectivity index (χ1) is 19.0. The van der Waals surface area contributed by atoms with Crippen LogP contribution in [0.3, 0.4) is 0 Å². The van der Waals surface area contributed by atoms with Gasteiger partial charge in [-0.2, -0.15) is 15.0 Å². The topological polar surface area (TPSA) is 127 Å². The van der Waals surface area contributed by atoms with Crippen molar-refractivity contribution in [3.8, 4) is 17.8 Å². The van der Waals surface area contributed by atoms with Gasteiger partial charge in [0, 0.05) is 19.6 Å². The first kappa shape index (κ1) is 28.4. The van der Waals surface area contributed by atoms with Crippen LogP contribution in [0.2, 0.25) is 0 Å². The van der Waals surface area contributed by atoms with Gasteiger partial charge in [0.15, 0.2) is 17.0 Å². The summed E-state index contributed by atoms with van der Waals surface area (Å²) in [5, 5.41) is 0. The Labute approximate surface area is 229 Å². The third kappa shape index (κ3) is 7.72. The van der Waals surface area contributed by atoms with E-state index in [0.717, 1.165) is 69.5 Å². The van der Waals surface area contributed by atoms with Crippen LogP contribution in [0, 0.1) is 0 Å². The van der Waals surface area contributed by atoms with Gasteiger partial charge in [-0.15, -0.1) is 0 Å². The Hall–Kier alpha value is -3.60. The molecule has 11 heteroatoms. The zero-order valence-electron chi connectivity index (χ0n) is 23.2. The lowest BCUT2D eigenvalue weighted by atomic mass is 10.1. The minimum atomic E-state index is -0.251. The fourth-order valence-corrected chi connectivity index (χ4v) is 4.73. The zero-order chi connectivity index (χ0) is 27.6. The zero-order valence-corrected chi connectivity index (χ0v) is 23.2. The molecule has 212 valence electrons. The molecule has 39 heavy (non-hydrogen) atoms. The second-order valence-corrected chi connectivity index (χ2v) is 9.78. The molecule has 11 nitrogen and oxygen atoms in total. The first-order valence-corrected chi connectivity index (χ1v) is 13.8. The van der Waals surface area contributed by atoms with Gasteiger partial charge in [-0.25, -0.2) is 0 Å². The number of piperidine rings is 1. The summed E-state index contributed by atoms with van der Waals surface area (Å²) in [4.78, 5) is 27.4. The van der Waals surface area contributed by atoms with Crippen LogP contribution in [-0.2, 0) is 22.5 Å². The number of imidazole rings is 1. The summed E-state index contributed by atoms with van der Waals surface area (Å²) in [6.07, 6.45) is 6.30. The Morgan fingerprint density at radius 1 is 1.08 bits per heavy atom. The van der Waals surface area contributed by atoms with E-state index in [2.05, 4.69) is 26.8 Å². The molecule has 2 N–H and O–H groups in total. The molecule has 1 aromatic carbocycles. The van der Waals surface area contributed by atoms with Gasteiger partial charge in [-0.3, -0.25) is 9.36 Å². The van der Waals surface area contributed by atoms with Crippen LogP contribution in [0.5, 0.6) is 17.8 Å². The van der Waals surface area contributed by atoms with Crippen LogP contribution in [0.1, 0.15) is 51.0 Å². The summed E-state index contributed by atoms with van der Waals surface area (Å²) >= 11 is 0. The molecule has 1 aliphatic rings. The van der Waals surface area contributed by atoms with Crippen molar-refractivity contribution in [2.24, 2.45) is 0 Å². The molecule has 1 saturated heterocycles. The Kier molecular flexibility index (Phi) is 10.2. The number of carbonyl (C=O) groups excluding carboxylic acids is 1. The molecule has 1 aliphatic heterocycles. The molecule has 0 saturated carbocycles. The highest BCUT2D eigenvalue weighted by Gasteiger charge is 2.21. The van der Waals surface area contributed by atoms with Crippen molar-refractivity contribution in [3.05, 3.63) is 29.8 Å². The largest absolute Gasteiger partial charge is 0.490 e. The number of nitrogens with two attached hydrogens (primary N) is 1. The number of unbranched alkanes of at least 4 members (excludes halogenated alkanes) is 2.